The highest BCUT2D eigenvalue weighted by Gasteiger charge is 2.28. The first-order valence-electron chi connectivity index (χ1n) is 7.70. The van der Waals surface area contributed by atoms with Crippen molar-refractivity contribution in [2.24, 2.45) is 0 Å². The molecular weight excluding hydrogens is 280 g/mol. The van der Waals surface area contributed by atoms with E-state index in [9.17, 15) is 0 Å². The van der Waals surface area contributed by atoms with Crippen LogP contribution in [0.2, 0.25) is 0 Å². The van der Waals surface area contributed by atoms with Crippen molar-refractivity contribution in [1.82, 2.24) is 0 Å². The second kappa shape index (κ2) is 9.15. The molecule has 118 valence electrons. The fourth-order valence-corrected chi connectivity index (χ4v) is 3.83. The first kappa shape index (κ1) is 18.1. The average Bonchev–Trinajstić information content (AvgIpc) is 2.48. The molecule has 21 heavy (non-hydrogen) atoms. The molecule has 0 amide bonds. The lowest BCUT2D eigenvalue weighted by Crippen LogP contribution is -2.41. The Morgan fingerprint density at radius 1 is 1.24 bits per heavy atom. The van der Waals surface area contributed by atoms with Gasteiger partial charge < -0.3 is 13.9 Å². The normalized spacial score (nSPS) is 13.7. The molecule has 0 aliphatic rings. The van der Waals surface area contributed by atoms with Gasteiger partial charge in [-0.3, -0.25) is 0 Å². The smallest absolute Gasteiger partial charge is 0.228 e. The highest BCUT2D eigenvalue weighted by molar-refractivity contribution is 6.30. The summed E-state index contributed by atoms with van der Waals surface area (Å²) >= 11 is 0. The molecule has 3 nitrogen and oxygen atoms in total. The standard InChI is InChI=1S/C17H28O3Si/c1-6-14-11-10-12-15(13-14)16(7-2)20-21-17(5,18-8-3)19-9-4/h6,10-13,16H,1,7-9,21H2,2-5H3. The molecule has 0 saturated heterocycles. The van der Waals surface area contributed by atoms with Crippen LogP contribution in [-0.4, -0.2) is 28.4 Å². The van der Waals surface area contributed by atoms with Crippen LogP contribution in [0.4, 0.5) is 0 Å². The fourth-order valence-electron chi connectivity index (χ4n) is 2.32. The average molecular weight is 308 g/mol. The predicted molar refractivity (Wildman–Crippen MR) is 90.9 cm³/mol. The Hall–Kier alpha value is -0.943. The summed E-state index contributed by atoms with van der Waals surface area (Å²) in [6, 6.07) is 8.33. The minimum atomic E-state index is -0.984. The second-order valence-electron chi connectivity index (χ2n) is 5.08. The molecule has 0 radical (unpaired) electrons. The molecule has 0 spiro atoms. The number of hydrogen-bond donors (Lipinski definition) is 0. The SMILES string of the molecule is C=Cc1cccc(C(CC)O[SiH2]C(C)(OCC)OCC)c1. The summed E-state index contributed by atoms with van der Waals surface area (Å²) in [6.45, 7) is 13.2. The van der Waals surface area contributed by atoms with Crippen LogP contribution in [0.25, 0.3) is 6.08 Å². The second-order valence-corrected chi connectivity index (χ2v) is 6.99. The zero-order valence-electron chi connectivity index (χ0n) is 13.7. The molecular formula is C17H28O3Si. The molecule has 0 N–H and O–H groups in total. The van der Waals surface area contributed by atoms with Gasteiger partial charge in [0.1, 0.15) is 0 Å². The van der Waals surface area contributed by atoms with Crippen molar-refractivity contribution in [2.75, 3.05) is 13.2 Å². The maximum atomic E-state index is 6.20. The summed E-state index contributed by atoms with van der Waals surface area (Å²) in [5.41, 5.74) is 1.76. The quantitative estimate of drug-likeness (QED) is 0.488. The summed E-state index contributed by atoms with van der Waals surface area (Å²) < 4.78 is 17.7. The van der Waals surface area contributed by atoms with Gasteiger partial charge in [-0.25, -0.2) is 0 Å². The van der Waals surface area contributed by atoms with E-state index in [1.54, 1.807) is 0 Å². The van der Waals surface area contributed by atoms with Crippen LogP contribution in [0.1, 0.15) is 51.3 Å². The van der Waals surface area contributed by atoms with E-state index in [0.29, 0.717) is 13.2 Å². The maximum absolute atomic E-state index is 6.20. The van der Waals surface area contributed by atoms with E-state index in [1.165, 1.54) is 5.56 Å². The highest BCUT2D eigenvalue weighted by atomic mass is 28.2. The minimum Gasteiger partial charge on any atom is -0.411 e. The van der Waals surface area contributed by atoms with E-state index < -0.39 is 15.2 Å². The third-order valence-electron chi connectivity index (χ3n) is 3.33. The molecule has 1 atom stereocenters. The largest absolute Gasteiger partial charge is 0.411 e. The van der Waals surface area contributed by atoms with E-state index in [2.05, 4.69) is 25.6 Å². The van der Waals surface area contributed by atoms with Crippen LogP contribution in [0.15, 0.2) is 30.8 Å². The van der Waals surface area contributed by atoms with Crippen molar-refractivity contribution < 1.29 is 13.9 Å². The van der Waals surface area contributed by atoms with E-state index in [1.807, 2.05) is 39.0 Å². The molecule has 1 aromatic rings. The Morgan fingerprint density at radius 2 is 1.90 bits per heavy atom. The van der Waals surface area contributed by atoms with Gasteiger partial charge in [-0.1, -0.05) is 37.8 Å². The molecule has 1 unspecified atom stereocenters. The van der Waals surface area contributed by atoms with Gasteiger partial charge >= 0.3 is 0 Å². The summed E-state index contributed by atoms with van der Waals surface area (Å²) in [7, 11) is -0.984. The topological polar surface area (TPSA) is 27.7 Å². The van der Waals surface area contributed by atoms with Crippen LogP contribution in [0.5, 0.6) is 0 Å². The van der Waals surface area contributed by atoms with Gasteiger partial charge in [-0.05, 0) is 44.4 Å². The molecule has 0 bridgehead atoms. The Kier molecular flexibility index (Phi) is 7.89. The number of ether oxygens (including phenoxy) is 2. The number of hydrogen-bond acceptors (Lipinski definition) is 3. The van der Waals surface area contributed by atoms with Crippen LogP contribution in [0.3, 0.4) is 0 Å². The lowest BCUT2D eigenvalue weighted by molar-refractivity contribution is -0.171. The monoisotopic (exact) mass is 308 g/mol. The van der Waals surface area contributed by atoms with Gasteiger partial charge in [0.05, 0.1) is 6.10 Å². The van der Waals surface area contributed by atoms with Crippen molar-refractivity contribution in [2.45, 2.75) is 45.6 Å². The first-order chi connectivity index (χ1) is 10.1. The van der Waals surface area contributed by atoms with Gasteiger partial charge in [0.25, 0.3) is 0 Å². The molecule has 0 fully saturated rings. The molecule has 0 heterocycles. The minimum absolute atomic E-state index is 0.0943. The molecule has 1 aromatic carbocycles. The third kappa shape index (κ3) is 5.75. The Balaban J connectivity index is 2.74. The Labute approximate surface area is 131 Å². The van der Waals surface area contributed by atoms with E-state index in [0.717, 1.165) is 12.0 Å². The predicted octanol–water partition coefficient (Wildman–Crippen LogP) is 3.63. The van der Waals surface area contributed by atoms with E-state index in [4.69, 9.17) is 13.9 Å². The van der Waals surface area contributed by atoms with Crippen molar-refractivity contribution in [1.29, 1.82) is 0 Å². The summed E-state index contributed by atoms with van der Waals surface area (Å²) in [5.74, 6) is 0. The lowest BCUT2D eigenvalue weighted by atomic mass is 10.0. The molecule has 0 aliphatic carbocycles. The van der Waals surface area contributed by atoms with Crippen LogP contribution >= 0.6 is 0 Å². The van der Waals surface area contributed by atoms with Gasteiger partial charge in [-0.2, -0.15) is 0 Å². The van der Waals surface area contributed by atoms with Gasteiger partial charge in [0.2, 0.25) is 9.76 Å². The lowest BCUT2D eigenvalue weighted by Gasteiger charge is -2.30. The molecule has 0 saturated carbocycles. The highest BCUT2D eigenvalue weighted by Crippen LogP contribution is 2.24. The zero-order valence-corrected chi connectivity index (χ0v) is 15.1. The van der Waals surface area contributed by atoms with E-state index >= 15 is 0 Å². The molecule has 1 rings (SSSR count). The summed E-state index contributed by atoms with van der Waals surface area (Å²) in [4.78, 5) is 0. The van der Waals surface area contributed by atoms with Gasteiger partial charge in [0, 0.05) is 13.2 Å². The van der Waals surface area contributed by atoms with Crippen LogP contribution in [-0.2, 0) is 13.9 Å². The fraction of sp³-hybridized carbons (Fsp3) is 0.529. The van der Waals surface area contributed by atoms with Crippen molar-refractivity contribution in [3.8, 4) is 0 Å². The molecule has 4 heteroatoms. The van der Waals surface area contributed by atoms with Crippen LogP contribution in [0, 0.1) is 0 Å². The van der Waals surface area contributed by atoms with E-state index in [-0.39, 0.29) is 6.10 Å². The molecule has 0 aromatic heterocycles. The first-order valence-corrected chi connectivity index (χ1v) is 8.98. The van der Waals surface area contributed by atoms with Crippen molar-refractivity contribution in [3.05, 3.63) is 42.0 Å². The molecule has 0 aliphatic heterocycles. The summed E-state index contributed by atoms with van der Waals surface area (Å²) in [5, 5.41) is 0. The summed E-state index contributed by atoms with van der Waals surface area (Å²) in [6.07, 6.45) is 2.89. The van der Waals surface area contributed by atoms with Gasteiger partial charge in [-0.15, -0.1) is 0 Å². The Morgan fingerprint density at radius 3 is 2.43 bits per heavy atom. The van der Waals surface area contributed by atoms with Crippen molar-refractivity contribution in [3.63, 3.8) is 0 Å². The van der Waals surface area contributed by atoms with Crippen molar-refractivity contribution >= 4 is 15.8 Å². The van der Waals surface area contributed by atoms with Gasteiger partial charge in [0.15, 0.2) is 5.41 Å². The number of rotatable bonds is 10. The third-order valence-corrected chi connectivity index (χ3v) is 4.84. The Bertz CT molecular complexity index is 428. The number of benzene rings is 1. The zero-order chi connectivity index (χ0) is 15.7. The maximum Gasteiger partial charge on any atom is 0.228 e. The van der Waals surface area contributed by atoms with Crippen LogP contribution < -0.4 is 0 Å².